The number of aromatic nitrogens is 1. The summed E-state index contributed by atoms with van der Waals surface area (Å²) < 4.78 is 33.1. The van der Waals surface area contributed by atoms with Crippen molar-refractivity contribution in [3.8, 4) is 5.75 Å². The Hall–Kier alpha value is -2.70. The van der Waals surface area contributed by atoms with Crippen molar-refractivity contribution in [1.82, 2.24) is 9.88 Å². The third-order valence-electron chi connectivity index (χ3n) is 4.11. The Labute approximate surface area is 144 Å². The standard InChI is InChI=1S/C18H19F2N3O2/c1-12-5-6-14(11-21-12)25-13-7-9-23(10-8-13)18(24)22-17-15(19)3-2-4-16(17)20/h2-6,11,13H,7-10H2,1H3,(H,22,24). The number of likely N-dealkylation sites (tertiary alicyclic amines) is 1. The van der Waals surface area contributed by atoms with E-state index in [1.165, 1.54) is 11.0 Å². The van der Waals surface area contributed by atoms with Gasteiger partial charge in [0, 0.05) is 31.6 Å². The molecular formula is C18H19F2N3O2. The average molecular weight is 347 g/mol. The topological polar surface area (TPSA) is 54.5 Å². The van der Waals surface area contributed by atoms with Crippen LogP contribution in [0.1, 0.15) is 18.5 Å². The van der Waals surface area contributed by atoms with Crippen LogP contribution in [0.5, 0.6) is 5.75 Å². The molecule has 1 fully saturated rings. The lowest BCUT2D eigenvalue weighted by molar-refractivity contribution is 0.115. The molecule has 0 radical (unpaired) electrons. The van der Waals surface area contributed by atoms with Gasteiger partial charge in [-0.15, -0.1) is 0 Å². The van der Waals surface area contributed by atoms with Crippen molar-refractivity contribution in [2.45, 2.75) is 25.9 Å². The largest absolute Gasteiger partial charge is 0.489 e. The number of amides is 2. The van der Waals surface area contributed by atoms with Crippen molar-refractivity contribution in [3.63, 3.8) is 0 Å². The molecule has 2 heterocycles. The molecule has 0 spiro atoms. The lowest BCUT2D eigenvalue weighted by Gasteiger charge is -2.32. The minimum atomic E-state index is -0.793. The Kier molecular flexibility index (Phi) is 5.11. The van der Waals surface area contributed by atoms with Crippen LogP contribution in [0.15, 0.2) is 36.5 Å². The van der Waals surface area contributed by atoms with E-state index in [-0.39, 0.29) is 6.10 Å². The van der Waals surface area contributed by atoms with Gasteiger partial charge in [0.05, 0.1) is 6.20 Å². The van der Waals surface area contributed by atoms with Crippen LogP contribution < -0.4 is 10.1 Å². The highest BCUT2D eigenvalue weighted by atomic mass is 19.1. The molecule has 0 saturated carbocycles. The molecule has 0 unspecified atom stereocenters. The number of benzene rings is 1. The number of piperidine rings is 1. The van der Waals surface area contributed by atoms with Crippen LogP contribution in [-0.2, 0) is 0 Å². The van der Waals surface area contributed by atoms with Crippen molar-refractivity contribution < 1.29 is 18.3 Å². The van der Waals surface area contributed by atoms with Gasteiger partial charge in [0.2, 0.25) is 0 Å². The highest BCUT2D eigenvalue weighted by Gasteiger charge is 2.25. The van der Waals surface area contributed by atoms with Crippen LogP contribution in [0.25, 0.3) is 0 Å². The van der Waals surface area contributed by atoms with Gasteiger partial charge in [-0.25, -0.2) is 13.6 Å². The summed E-state index contributed by atoms with van der Waals surface area (Å²) in [5.74, 6) is -0.890. The van der Waals surface area contributed by atoms with Gasteiger partial charge in [-0.2, -0.15) is 0 Å². The fourth-order valence-corrected chi connectivity index (χ4v) is 2.70. The number of carbonyl (C=O) groups is 1. The van der Waals surface area contributed by atoms with Gasteiger partial charge in [0.15, 0.2) is 0 Å². The second-order valence-corrected chi connectivity index (χ2v) is 5.97. The summed E-state index contributed by atoms with van der Waals surface area (Å²) in [7, 11) is 0. The number of hydrogen-bond acceptors (Lipinski definition) is 3. The maximum atomic E-state index is 13.6. The van der Waals surface area contributed by atoms with Gasteiger partial charge in [0.25, 0.3) is 0 Å². The number of hydrogen-bond donors (Lipinski definition) is 1. The number of nitrogens with zero attached hydrogens (tertiary/aromatic N) is 2. The molecule has 2 aromatic rings. The number of nitrogens with one attached hydrogen (secondary N) is 1. The van der Waals surface area contributed by atoms with E-state index in [1.54, 1.807) is 6.20 Å². The monoisotopic (exact) mass is 347 g/mol. The molecule has 1 N–H and O–H groups in total. The van der Waals surface area contributed by atoms with Crippen LogP contribution in [0.2, 0.25) is 0 Å². The van der Waals surface area contributed by atoms with E-state index in [0.29, 0.717) is 31.7 Å². The molecule has 1 aromatic heterocycles. The third kappa shape index (κ3) is 4.23. The number of para-hydroxylation sites is 1. The van der Waals surface area contributed by atoms with Gasteiger partial charge in [0.1, 0.15) is 29.2 Å². The minimum absolute atomic E-state index is 0.0150. The molecule has 0 atom stereocenters. The van der Waals surface area contributed by atoms with Gasteiger partial charge >= 0.3 is 6.03 Å². The Balaban J connectivity index is 1.53. The van der Waals surface area contributed by atoms with Crippen molar-refractivity contribution in [2.24, 2.45) is 0 Å². The highest BCUT2D eigenvalue weighted by molar-refractivity contribution is 5.89. The molecule has 25 heavy (non-hydrogen) atoms. The molecule has 1 aliphatic rings. The average Bonchev–Trinajstić information content (AvgIpc) is 2.61. The summed E-state index contributed by atoms with van der Waals surface area (Å²) in [5.41, 5.74) is 0.496. The second kappa shape index (κ2) is 7.46. The number of urea groups is 1. The zero-order valence-corrected chi connectivity index (χ0v) is 13.8. The van der Waals surface area contributed by atoms with E-state index in [9.17, 15) is 13.6 Å². The maximum absolute atomic E-state index is 13.6. The Morgan fingerprint density at radius 1 is 1.20 bits per heavy atom. The van der Waals surface area contributed by atoms with Crippen molar-refractivity contribution in [1.29, 1.82) is 0 Å². The Morgan fingerprint density at radius 2 is 1.88 bits per heavy atom. The number of carbonyl (C=O) groups excluding carboxylic acids is 1. The minimum Gasteiger partial charge on any atom is -0.489 e. The molecular weight excluding hydrogens is 328 g/mol. The molecule has 5 nitrogen and oxygen atoms in total. The molecule has 1 saturated heterocycles. The zero-order chi connectivity index (χ0) is 17.8. The molecule has 3 rings (SSSR count). The van der Waals surface area contributed by atoms with E-state index in [2.05, 4.69) is 10.3 Å². The molecule has 7 heteroatoms. The molecule has 0 bridgehead atoms. The number of halogens is 2. The first kappa shape index (κ1) is 17.1. The zero-order valence-electron chi connectivity index (χ0n) is 13.8. The smallest absolute Gasteiger partial charge is 0.322 e. The summed E-state index contributed by atoms with van der Waals surface area (Å²) in [6, 6.07) is 6.69. The fraction of sp³-hybridized carbons (Fsp3) is 0.333. The Bertz CT molecular complexity index is 724. The van der Waals surface area contributed by atoms with Crippen LogP contribution in [0.3, 0.4) is 0 Å². The lowest BCUT2D eigenvalue weighted by atomic mass is 10.1. The van der Waals surface area contributed by atoms with E-state index in [0.717, 1.165) is 17.8 Å². The molecule has 0 aliphatic carbocycles. The number of anilines is 1. The molecule has 1 aromatic carbocycles. The van der Waals surface area contributed by atoms with Crippen molar-refractivity contribution in [3.05, 3.63) is 53.9 Å². The highest BCUT2D eigenvalue weighted by Crippen LogP contribution is 2.21. The maximum Gasteiger partial charge on any atom is 0.322 e. The quantitative estimate of drug-likeness (QED) is 0.920. The molecule has 132 valence electrons. The van der Waals surface area contributed by atoms with Gasteiger partial charge in [-0.3, -0.25) is 4.98 Å². The predicted octanol–water partition coefficient (Wildman–Crippen LogP) is 3.74. The van der Waals surface area contributed by atoms with Crippen LogP contribution in [0, 0.1) is 18.6 Å². The summed E-state index contributed by atoms with van der Waals surface area (Å²) in [4.78, 5) is 17.9. The molecule has 2 amide bonds. The van der Waals surface area contributed by atoms with E-state index in [1.807, 2.05) is 19.1 Å². The SMILES string of the molecule is Cc1ccc(OC2CCN(C(=O)Nc3c(F)cccc3F)CC2)cn1. The summed E-state index contributed by atoms with van der Waals surface area (Å²) in [5, 5.41) is 2.31. The summed E-state index contributed by atoms with van der Waals surface area (Å²) >= 11 is 0. The van der Waals surface area contributed by atoms with Crippen LogP contribution in [0.4, 0.5) is 19.3 Å². The third-order valence-corrected chi connectivity index (χ3v) is 4.11. The number of pyridine rings is 1. The molecule has 1 aliphatic heterocycles. The fourth-order valence-electron chi connectivity index (χ4n) is 2.70. The van der Waals surface area contributed by atoms with E-state index < -0.39 is 23.4 Å². The summed E-state index contributed by atoms with van der Waals surface area (Å²) in [6.07, 6.45) is 2.94. The lowest BCUT2D eigenvalue weighted by Crippen LogP contribution is -2.44. The number of ether oxygens (including phenoxy) is 1. The number of aryl methyl sites for hydroxylation is 1. The summed E-state index contributed by atoms with van der Waals surface area (Å²) in [6.45, 7) is 2.80. The van der Waals surface area contributed by atoms with Crippen molar-refractivity contribution in [2.75, 3.05) is 18.4 Å². The van der Waals surface area contributed by atoms with Crippen LogP contribution >= 0.6 is 0 Å². The normalized spacial score (nSPS) is 15.1. The first-order chi connectivity index (χ1) is 12.0. The number of rotatable bonds is 3. The Morgan fingerprint density at radius 3 is 2.48 bits per heavy atom. The first-order valence-electron chi connectivity index (χ1n) is 8.12. The van der Waals surface area contributed by atoms with Crippen LogP contribution in [-0.4, -0.2) is 35.1 Å². The van der Waals surface area contributed by atoms with Gasteiger partial charge in [-0.05, 0) is 31.2 Å². The van der Waals surface area contributed by atoms with E-state index >= 15 is 0 Å². The predicted molar refractivity (Wildman–Crippen MR) is 89.6 cm³/mol. The van der Waals surface area contributed by atoms with Gasteiger partial charge in [-0.1, -0.05) is 6.07 Å². The second-order valence-electron chi connectivity index (χ2n) is 5.97. The van der Waals surface area contributed by atoms with Crippen molar-refractivity contribution >= 4 is 11.7 Å². The van der Waals surface area contributed by atoms with Gasteiger partial charge < -0.3 is 15.0 Å². The van der Waals surface area contributed by atoms with E-state index in [4.69, 9.17) is 4.74 Å². The first-order valence-corrected chi connectivity index (χ1v) is 8.12.